The molecule has 2 spiro atoms. The number of aliphatic hydroxyl groups is 1. The summed E-state index contributed by atoms with van der Waals surface area (Å²) in [4.78, 5) is 19.9. The minimum Gasteiger partial charge on any atom is -0.402 e. The van der Waals surface area contributed by atoms with Crippen molar-refractivity contribution in [2.24, 2.45) is 61.4 Å². The number of nitrogens with two attached hydrogens (primary N) is 1. The standard InChI is InChI=1S/C30H49NO.C9H12.C6H10O2.C3H6.CH4O/c1-7-9-23(31)28-14-8-10-22(28)30-17-12-21-26(4)15-13-24(32-6)25(2,3)20(26)11-16-29(21,30)27(30,5)18-19-28;1-2-5-9-7-3-6-8(9)4-1;1-6(2,5-8)3-4-7;1-3-2;1-2/h9,20-22,24H,7-8,10-19,31H2,1-6H3;1,4H,2-3,5-7H2;4-5H,3H2,1-2H3;3H,1H2,2H3;2H,1H3/b23-9+;;;;/t20?,21?,22?,24?,26?,27-,28?,29?,30?;;;;/m0..../s1. The van der Waals surface area contributed by atoms with Crippen LogP contribution in [0.15, 0.2) is 47.7 Å². The van der Waals surface area contributed by atoms with E-state index in [1.165, 1.54) is 108 Å². The highest BCUT2D eigenvalue weighted by molar-refractivity contribution is 5.65. The van der Waals surface area contributed by atoms with Crippen LogP contribution >= 0.6 is 0 Å². The second-order valence-electron chi connectivity index (χ2n) is 20.0. The van der Waals surface area contributed by atoms with E-state index in [0.717, 1.165) is 43.9 Å². The molecule has 0 heterocycles. The van der Waals surface area contributed by atoms with Crippen LogP contribution in [0.2, 0.25) is 0 Å². The average Bonchev–Trinajstić information content (AvgIpc) is 3.75. The summed E-state index contributed by atoms with van der Waals surface area (Å²) in [5, 5.41) is 7.00. The first-order valence-corrected chi connectivity index (χ1v) is 21.9. The van der Waals surface area contributed by atoms with Crippen molar-refractivity contribution in [3.63, 3.8) is 0 Å². The van der Waals surface area contributed by atoms with Crippen LogP contribution in [0.25, 0.3) is 0 Å². The van der Waals surface area contributed by atoms with Crippen molar-refractivity contribution in [2.75, 3.05) is 14.2 Å². The highest BCUT2D eigenvalue weighted by Crippen LogP contribution is 2.99. The molecule has 0 aromatic rings. The van der Waals surface area contributed by atoms with E-state index in [0.29, 0.717) is 45.0 Å². The second kappa shape index (κ2) is 17.3. The van der Waals surface area contributed by atoms with Gasteiger partial charge in [-0.1, -0.05) is 84.8 Å². The number of hydrogen-bond donors (Lipinski definition) is 2. The van der Waals surface area contributed by atoms with Crippen molar-refractivity contribution in [1.29, 1.82) is 0 Å². The fourth-order valence-corrected chi connectivity index (χ4v) is 15.2. The van der Waals surface area contributed by atoms with E-state index in [2.05, 4.69) is 59.4 Å². The molecule has 8 unspecified atom stereocenters. The van der Waals surface area contributed by atoms with E-state index >= 15 is 0 Å². The van der Waals surface area contributed by atoms with E-state index in [4.69, 9.17) is 15.6 Å². The van der Waals surface area contributed by atoms with Crippen molar-refractivity contribution in [3.8, 4) is 0 Å². The lowest BCUT2D eigenvalue weighted by molar-refractivity contribution is -0.167. The Morgan fingerprint density at radius 3 is 2.13 bits per heavy atom. The number of aliphatic hydroxyl groups excluding tert-OH is 1. The van der Waals surface area contributed by atoms with Gasteiger partial charge in [0.2, 0.25) is 0 Å². The topological polar surface area (TPSA) is 89.6 Å². The van der Waals surface area contributed by atoms with Crippen molar-refractivity contribution in [1.82, 2.24) is 0 Å². The molecule has 0 aromatic carbocycles. The molecule has 8 rings (SSSR count). The third kappa shape index (κ3) is 6.90. The quantitative estimate of drug-likeness (QED) is 0.209. The zero-order valence-corrected chi connectivity index (χ0v) is 36.5. The molecule has 6 saturated carbocycles. The van der Waals surface area contributed by atoms with Crippen molar-refractivity contribution < 1.29 is 19.4 Å². The van der Waals surface area contributed by atoms with Crippen molar-refractivity contribution in [3.05, 3.63) is 47.7 Å². The van der Waals surface area contributed by atoms with Gasteiger partial charge in [0.25, 0.3) is 0 Å². The molecule has 0 aromatic heterocycles. The summed E-state index contributed by atoms with van der Waals surface area (Å²) in [7, 11) is 2.95. The molecule has 0 bridgehead atoms. The molecule has 0 aliphatic heterocycles. The largest absolute Gasteiger partial charge is 0.402 e. The van der Waals surface area contributed by atoms with Crippen LogP contribution in [0, 0.1) is 55.7 Å². The summed E-state index contributed by atoms with van der Waals surface area (Å²) in [6.45, 7) is 21.5. The molecule has 5 nitrogen and oxygen atoms in total. The van der Waals surface area contributed by atoms with E-state index in [1.807, 2.05) is 14.0 Å². The summed E-state index contributed by atoms with van der Waals surface area (Å²) in [6.07, 6.45) is 34.5. The number of ether oxygens (including phenoxy) is 1. The molecule has 3 N–H and O–H groups in total. The van der Waals surface area contributed by atoms with Crippen LogP contribution in [0.4, 0.5) is 0 Å². The van der Waals surface area contributed by atoms with E-state index in [1.54, 1.807) is 31.1 Å². The number of aldehydes is 2. The molecule has 5 heteroatoms. The molecule has 306 valence electrons. The van der Waals surface area contributed by atoms with Crippen LogP contribution < -0.4 is 5.73 Å². The maximum absolute atomic E-state index is 10.1. The molecule has 6 fully saturated rings. The van der Waals surface area contributed by atoms with E-state index in [9.17, 15) is 9.59 Å². The van der Waals surface area contributed by atoms with Gasteiger partial charge in [-0.3, -0.25) is 0 Å². The lowest BCUT2D eigenvalue weighted by Crippen LogP contribution is -2.57. The van der Waals surface area contributed by atoms with Gasteiger partial charge >= 0.3 is 0 Å². The predicted octanol–water partition coefficient (Wildman–Crippen LogP) is 11.9. The maximum atomic E-state index is 10.1. The Labute approximate surface area is 331 Å². The number of rotatable bonds is 6. The molecular weight excluding hydrogens is 667 g/mol. The first kappa shape index (κ1) is 44.7. The van der Waals surface area contributed by atoms with Gasteiger partial charge in [-0.2, -0.15) is 0 Å². The molecular formula is C49H81NO4. The van der Waals surface area contributed by atoms with Crippen molar-refractivity contribution in [2.45, 2.75) is 177 Å². The zero-order chi connectivity index (χ0) is 40.2. The molecule has 0 amide bonds. The highest BCUT2D eigenvalue weighted by Gasteiger charge is 2.93. The summed E-state index contributed by atoms with van der Waals surface area (Å²) in [5.74, 6) is 2.58. The summed E-state index contributed by atoms with van der Waals surface area (Å²) in [6, 6.07) is 0. The smallest absolute Gasteiger partial charge is 0.126 e. The average molecular weight is 748 g/mol. The van der Waals surface area contributed by atoms with Gasteiger partial charge in [0.15, 0.2) is 0 Å². The maximum Gasteiger partial charge on any atom is 0.126 e. The predicted molar refractivity (Wildman–Crippen MR) is 226 cm³/mol. The minimum absolute atomic E-state index is 0.297. The first-order valence-electron chi connectivity index (χ1n) is 21.9. The van der Waals surface area contributed by atoms with Crippen LogP contribution in [0.3, 0.4) is 0 Å². The van der Waals surface area contributed by atoms with Gasteiger partial charge in [0.05, 0.1) is 6.10 Å². The van der Waals surface area contributed by atoms with Crippen molar-refractivity contribution >= 4 is 12.6 Å². The molecule has 9 atom stereocenters. The number of methoxy groups -OCH3 is 1. The lowest BCUT2D eigenvalue weighted by Gasteiger charge is -2.62. The Kier molecular flexibility index (Phi) is 14.3. The fourth-order valence-electron chi connectivity index (χ4n) is 15.2. The van der Waals surface area contributed by atoms with Gasteiger partial charge in [0.1, 0.15) is 12.6 Å². The van der Waals surface area contributed by atoms with Gasteiger partial charge in [0, 0.05) is 37.2 Å². The normalized spacial score (nSPS) is 40.3. The summed E-state index contributed by atoms with van der Waals surface area (Å²) >= 11 is 0. The van der Waals surface area contributed by atoms with E-state index < -0.39 is 5.41 Å². The Morgan fingerprint density at radius 1 is 0.907 bits per heavy atom. The third-order valence-electron chi connectivity index (χ3n) is 17.2. The Hall–Kier alpha value is -1.98. The number of carbonyl (C=O) groups excluding carboxylic acids is 2. The monoisotopic (exact) mass is 748 g/mol. The third-order valence-corrected chi connectivity index (χ3v) is 17.2. The second-order valence-corrected chi connectivity index (χ2v) is 20.0. The Bertz CT molecular complexity index is 1420. The minimum atomic E-state index is -0.457. The number of hydrogen-bond acceptors (Lipinski definition) is 5. The number of carbonyl (C=O) groups is 2. The molecule has 8 aliphatic carbocycles. The first-order chi connectivity index (χ1) is 25.6. The highest BCUT2D eigenvalue weighted by atomic mass is 16.5. The molecule has 0 saturated heterocycles. The van der Waals surface area contributed by atoms with Crippen LogP contribution in [0.1, 0.15) is 171 Å². The molecule has 0 radical (unpaired) electrons. The van der Waals surface area contributed by atoms with E-state index in [-0.39, 0.29) is 0 Å². The summed E-state index contributed by atoms with van der Waals surface area (Å²) < 4.78 is 6.06. The zero-order valence-electron chi connectivity index (χ0n) is 36.5. The fraction of sp³-hybridized carbons (Fsp3) is 0.796. The molecule has 8 aliphatic rings. The molecule has 54 heavy (non-hydrogen) atoms. The van der Waals surface area contributed by atoms with Gasteiger partial charge in [-0.05, 0) is 160 Å². The Balaban J connectivity index is 0.000000241. The lowest BCUT2D eigenvalue weighted by atomic mass is 9.44. The van der Waals surface area contributed by atoms with Gasteiger partial charge in [-0.25, -0.2) is 0 Å². The Morgan fingerprint density at radius 2 is 1.56 bits per heavy atom. The number of fused-ring (bicyclic) bond motifs is 3. The SMILES string of the molecule is C1=CC2=C(CC1)CCC2.C=CC.CC(C)(C=O)CC=O.CC/C=C(/N)C12CCCC1C13CCC4C5(C)CCC(OC)C(C)(C)C5CCC41[C@]3(C)CC2.CO. The van der Waals surface area contributed by atoms with Gasteiger partial charge < -0.3 is 25.2 Å². The summed E-state index contributed by atoms with van der Waals surface area (Å²) in [5.41, 5.74) is 14.1. The van der Waals surface area contributed by atoms with Crippen LogP contribution in [-0.2, 0) is 14.3 Å². The van der Waals surface area contributed by atoms with Crippen LogP contribution in [0.5, 0.6) is 0 Å². The number of allylic oxidation sites excluding steroid dienone is 7. The van der Waals surface area contributed by atoms with Gasteiger partial charge in [-0.15, -0.1) is 6.58 Å². The van der Waals surface area contributed by atoms with Crippen LogP contribution in [-0.4, -0.2) is 38.0 Å².